The van der Waals surface area contributed by atoms with Gasteiger partial charge in [-0.15, -0.1) is 6.58 Å². The molecule has 112 valence electrons. The van der Waals surface area contributed by atoms with Gasteiger partial charge in [-0.25, -0.2) is 8.42 Å². The summed E-state index contributed by atoms with van der Waals surface area (Å²) in [7, 11) is -1.83. The van der Waals surface area contributed by atoms with Crippen LogP contribution in [0.4, 0.5) is 0 Å². The van der Waals surface area contributed by atoms with Crippen molar-refractivity contribution in [3.8, 4) is 0 Å². The SMILES string of the molecule is C=CCN(C(C)C)S(=O)(=O)c1cc(CNC)ccc1Cl. The second-order valence-corrected chi connectivity index (χ2v) is 7.02. The van der Waals surface area contributed by atoms with E-state index in [2.05, 4.69) is 11.9 Å². The van der Waals surface area contributed by atoms with Gasteiger partial charge in [0.2, 0.25) is 10.0 Å². The van der Waals surface area contributed by atoms with Crippen LogP contribution >= 0.6 is 11.6 Å². The Kier molecular flexibility index (Phi) is 6.20. The van der Waals surface area contributed by atoms with Gasteiger partial charge in [0.05, 0.1) is 5.02 Å². The predicted molar refractivity (Wildman–Crippen MR) is 83.4 cm³/mol. The van der Waals surface area contributed by atoms with Crippen LogP contribution in [0.5, 0.6) is 0 Å². The third-order valence-corrected chi connectivity index (χ3v) is 5.37. The molecular formula is C14H21ClN2O2S. The molecule has 0 radical (unpaired) electrons. The van der Waals surface area contributed by atoms with Crippen LogP contribution in [0.3, 0.4) is 0 Å². The van der Waals surface area contributed by atoms with Gasteiger partial charge in [0.1, 0.15) is 4.90 Å². The first-order chi connectivity index (χ1) is 9.34. The van der Waals surface area contributed by atoms with E-state index in [0.717, 1.165) is 5.56 Å². The Bertz CT molecular complexity index is 571. The lowest BCUT2D eigenvalue weighted by molar-refractivity contribution is 0.383. The maximum Gasteiger partial charge on any atom is 0.245 e. The molecule has 0 aromatic heterocycles. The molecule has 0 amide bonds. The van der Waals surface area contributed by atoms with Crippen LogP contribution in [0.2, 0.25) is 5.02 Å². The first-order valence-corrected chi connectivity index (χ1v) is 8.22. The highest BCUT2D eigenvalue weighted by molar-refractivity contribution is 7.89. The topological polar surface area (TPSA) is 49.4 Å². The van der Waals surface area contributed by atoms with Crippen molar-refractivity contribution in [2.75, 3.05) is 13.6 Å². The Morgan fingerprint density at radius 1 is 1.45 bits per heavy atom. The fourth-order valence-electron chi connectivity index (χ4n) is 1.90. The van der Waals surface area contributed by atoms with Crippen molar-refractivity contribution in [2.24, 2.45) is 0 Å². The van der Waals surface area contributed by atoms with Crippen molar-refractivity contribution >= 4 is 21.6 Å². The summed E-state index contributed by atoms with van der Waals surface area (Å²) in [5.74, 6) is 0. The third kappa shape index (κ3) is 3.82. The van der Waals surface area contributed by atoms with Gasteiger partial charge >= 0.3 is 0 Å². The highest BCUT2D eigenvalue weighted by Crippen LogP contribution is 2.27. The zero-order chi connectivity index (χ0) is 15.3. The molecule has 1 aromatic rings. The molecular weight excluding hydrogens is 296 g/mol. The second-order valence-electron chi connectivity index (χ2n) is 4.75. The highest BCUT2D eigenvalue weighted by atomic mass is 35.5. The third-order valence-electron chi connectivity index (χ3n) is 2.85. The van der Waals surface area contributed by atoms with Crippen LogP contribution in [0.15, 0.2) is 35.7 Å². The van der Waals surface area contributed by atoms with E-state index < -0.39 is 10.0 Å². The minimum absolute atomic E-state index is 0.141. The highest BCUT2D eigenvalue weighted by Gasteiger charge is 2.28. The number of hydrogen-bond donors (Lipinski definition) is 1. The van der Waals surface area contributed by atoms with Crippen molar-refractivity contribution in [2.45, 2.75) is 31.3 Å². The fraction of sp³-hybridized carbons (Fsp3) is 0.429. The largest absolute Gasteiger partial charge is 0.316 e. The predicted octanol–water partition coefficient (Wildman–Crippen LogP) is 2.64. The molecule has 0 unspecified atom stereocenters. The molecule has 0 heterocycles. The number of hydrogen-bond acceptors (Lipinski definition) is 3. The van der Waals surface area contributed by atoms with Crippen LogP contribution in [0.25, 0.3) is 0 Å². The summed E-state index contributed by atoms with van der Waals surface area (Å²) in [6, 6.07) is 4.88. The molecule has 0 fully saturated rings. The summed E-state index contributed by atoms with van der Waals surface area (Å²) in [6.07, 6.45) is 1.57. The van der Waals surface area contributed by atoms with Gasteiger partial charge in [0.25, 0.3) is 0 Å². The molecule has 1 N–H and O–H groups in total. The van der Waals surface area contributed by atoms with Crippen molar-refractivity contribution in [1.82, 2.24) is 9.62 Å². The van der Waals surface area contributed by atoms with E-state index in [0.29, 0.717) is 6.54 Å². The standard InChI is InChI=1S/C14H21ClN2O2S/c1-5-8-17(11(2)3)20(18,19)14-9-12(10-16-4)6-7-13(14)15/h5-7,9,11,16H,1,8,10H2,2-4H3. The summed E-state index contributed by atoms with van der Waals surface area (Å²) in [4.78, 5) is 0.141. The fourth-order valence-corrected chi connectivity index (χ4v) is 4.03. The van der Waals surface area contributed by atoms with E-state index in [-0.39, 0.29) is 22.5 Å². The number of nitrogens with one attached hydrogen (secondary N) is 1. The molecule has 4 nitrogen and oxygen atoms in total. The van der Waals surface area contributed by atoms with Gasteiger partial charge in [0.15, 0.2) is 0 Å². The molecule has 0 saturated heterocycles. The maximum absolute atomic E-state index is 12.7. The lowest BCUT2D eigenvalue weighted by Gasteiger charge is -2.25. The Hall–Kier alpha value is -0.880. The summed E-state index contributed by atoms with van der Waals surface area (Å²) in [5.41, 5.74) is 0.873. The van der Waals surface area contributed by atoms with E-state index in [1.54, 1.807) is 25.3 Å². The molecule has 6 heteroatoms. The van der Waals surface area contributed by atoms with Gasteiger partial charge in [0, 0.05) is 19.1 Å². The Morgan fingerprint density at radius 2 is 2.10 bits per heavy atom. The van der Waals surface area contributed by atoms with Crippen molar-refractivity contribution < 1.29 is 8.42 Å². The van der Waals surface area contributed by atoms with Gasteiger partial charge in [-0.1, -0.05) is 23.7 Å². The molecule has 0 atom stereocenters. The molecule has 0 aliphatic carbocycles. The number of rotatable bonds is 7. The Balaban J connectivity index is 3.32. The average molecular weight is 317 g/mol. The number of nitrogens with zero attached hydrogens (tertiary/aromatic N) is 1. The van der Waals surface area contributed by atoms with Gasteiger partial charge in [-0.3, -0.25) is 0 Å². The minimum Gasteiger partial charge on any atom is -0.316 e. The van der Waals surface area contributed by atoms with E-state index in [1.807, 2.05) is 19.9 Å². The zero-order valence-corrected chi connectivity index (χ0v) is 13.6. The first kappa shape index (κ1) is 17.2. The summed E-state index contributed by atoms with van der Waals surface area (Å²) in [5, 5.41) is 3.23. The molecule has 1 aromatic carbocycles. The second kappa shape index (κ2) is 7.22. The average Bonchev–Trinajstić information content (AvgIpc) is 2.37. The van der Waals surface area contributed by atoms with E-state index in [9.17, 15) is 8.42 Å². The molecule has 20 heavy (non-hydrogen) atoms. The Morgan fingerprint density at radius 3 is 2.60 bits per heavy atom. The van der Waals surface area contributed by atoms with Crippen molar-refractivity contribution in [3.05, 3.63) is 41.4 Å². The number of sulfonamides is 1. The quantitative estimate of drug-likeness (QED) is 0.787. The lowest BCUT2D eigenvalue weighted by Crippen LogP contribution is -2.37. The molecule has 0 saturated carbocycles. The first-order valence-electron chi connectivity index (χ1n) is 6.40. The van der Waals surface area contributed by atoms with E-state index >= 15 is 0 Å². The monoisotopic (exact) mass is 316 g/mol. The van der Waals surface area contributed by atoms with E-state index in [1.165, 1.54) is 4.31 Å². The van der Waals surface area contributed by atoms with Crippen LogP contribution in [0, 0.1) is 0 Å². The van der Waals surface area contributed by atoms with Crippen molar-refractivity contribution in [1.29, 1.82) is 0 Å². The smallest absolute Gasteiger partial charge is 0.245 e. The van der Waals surface area contributed by atoms with E-state index in [4.69, 9.17) is 11.6 Å². The molecule has 0 aliphatic heterocycles. The van der Waals surface area contributed by atoms with Crippen LogP contribution < -0.4 is 5.32 Å². The Labute approximate surface area is 126 Å². The summed E-state index contributed by atoms with van der Waals surface area (Å²) < 4.78 is 26.8. The lowest BCUT2D eigenvalue weighted by atomic mass is 10.2. The minimum atomic E-state index is -3.63. The summed E-state index contributed by atoms with van der Waals surface area (Å²) in [6.45, 7) is 8.10. The van der Waals surface area contributed by atoms with Crippen LogP contribution in [-0.2, 0) is 16.6 Å². The molecule has 1 rings (SSSR count). The van der Waals surface area contributed by atoms with Gasteiger partial charge in [-0.2, -0.15) is 4.31 Å². The van der Waals surface area contributed by atoms with Gasteiger partial charge < -0.3 is 5.32 Å². The summed E-state index contributed by atoms with van der Waals surface area (Å²) >= 11 is 6.08. The zero-order valence-electron chi connectivity index (χ0n) is 12.1. The normalized spacial score (nSPS) is 12.1. The van der Waals surface area contributed by atoms with Crippen molar-refractivity contribution in [3.63, 3.8) is 0 Å². The molecule has 0 spiro atoms. The van der Waals surface area contributed by atoms with Crippen LogP contribution in [0.1, 0.15) is 19.4 Å². The maximum atomic E-state index is 12.7. The number of benzene rings is 1. The number of halogens is 1. The molecule has 0 bridgehead atoms. The molecule has 0 aliphatic rings. The van der Waals surface area contributed by atoms with Crippen LogP contribution in [-0.4, -0.2) is 32.4 Å². The van der Waals surface area contributed by atoms with Gasteiger partial charge in [-0.05, 0) is 38.6 Å².